The van der Waals surface area contributed by atoms with Crippen molar-refractivity contribution in [2.75, 3.05) is 6.61 Å². The number of para-hydroxylation sites is 1. The van der Waals surface area contributed by atoms with Gasteiger partial charge >= 0.3 is 5.97 Å². The lowest BCUT2D eigenvalue weighted by atomic mass is 10.0. The summed E-state index contributed by atoms with van der Waals surface area (Å²) in [4.78, 5) is 25.9. The summed E-state index contributed by atoms with van der Waals surface area (Å²) in [6.45, 7) is 3.89. The summed E-state index contributed by atoms with van der Waals surface area (Å²) < 4.78 is 7.06. The van der Waals surface area contributed by atoms with Crippen LogP contribution in [-0.2, 0) is 4.74 Å². The van der Waals surface area contributed by atoms with Crippen LogP contribution in [0.2, 0.25) is 5.02 Å². The normalized spacial score (nSPS) is 11.1. The van der Waals surface area contributed by atoms with Crippen molar-refractivity contribution in [1.82, 2.24) is 4.40 Å². The van der Waals surface area contributed by atoms with E-state index in [0.717, 1.165) is 16.5 Å². The Morgan fingerprint density at radius 3 is 2.62 bits per heavy atom. The summed E-state index contributed by atoms with van der Waals surface area (Å²) in [5.41, 5.74) is 3.10. The van der Waals surface area contributed by atoms with E-state index >= 15 is 0 Å². The second kappa shape index (κ2) is 7.26. The number of phenolic OH excluding ortho intramolecular Hbond substituents is 1. The van der Waals surface area contributed by atoms with Crippen molar-refractivity contribution < 1.29 is 19.4 Å². The molecule has 0 aliphatic rings. The van der Waals surface area contributed by atoms with Crippen LogP contribution >= 0.6 is 11.6 Å². The third-order valence-corrected chi connectivity index (χ3v) is 5.18. The van der Waals surface area contributed by atoms with Gasteiger partial charge in [0.15, 0.2) is 5.78 Å². The van der Waals surface area contributed by atoms with Crippen LogP contribution < -0.4 is 0 Å². The number of hydrogen-bond donors (Lipinski definition) is 1. The minimum absolute atomic E-state index is 0.0693. The molecule has 5 nitrogen and oxygen atoms in total. The van der Waals surface area contributed by atoms with Crippen molar-refractivity contribution in [2.24, 2.45) is 0 Å². The number of ether oxygens (including phenoxy) is 1. The maximum atomic E-state index is 13.2. The molecule has 0 fully saturated rings. The second-order valence-electron chi connectivity index (χ2n) is 6.71. The van der Waals surface area contributed by atoms with Gasteiger partial charge in [0.2, 0.25) is 0 Å². The number of benzene rings is 2. The third-order valence-electron chi connectivity index (χ3n) is 4.95. The van der Waals surface area contributed by atoms with Gasteiger partial charge in [-0.15, -0.1) is 0 Å². The fraction of sp³-hybridized carbons (Fsp3) is 0.130. The predicted molar refractivity (Wildman–Crippen MR) is 112 cm³/mol. The lowest BCUT2D eigenvalue weighted by Gasteiger charge is -2.10. The second-order valence-corrected chi connectivity index (χ2v) is 7.15. The lowest BCUT2D eigenvalue weighted by molar-refractivity contribution is 0.0528. The summed E-state index contributed by atoms with van der Waals surface area (Å²) in [5.74, 6) is -1.12. The molecule has 146 valence electrons. The monoisotopic (exact) mass is 407 g/mol. The van der Waals surface area contributed by atoms with Gasteiger partial charge in [0.05, 0.1) is 28.8 Å². The highest BCUT2D eigenvalue weighted by atomic mass is 35.5. The molecule has 2 aromatic heterocycles. The van der Waals surface area contributed by atoms with Gasteiger partial charge in [-0.3, -0.25) is 4.79 Å². The first-order valence-electron chi connectivity index (χ1n) is 9.16. The maximum absolute atomic E-state index is 13.2. The van der Waals surface area contributed by atoms with E-state index in [1.165, 1.54) is 24.3 Å². The van der Waals surface area contributed by atoms with E-state index in [-0.39, 0.29) is 23.5 Å². The smallest absolute Gasteiger partial charge is 0.340 e. The zero-order valence-corrected chi connectivity index (χ0v) is 16.7. The molecule has 0 bridgehead atoms. The Morgan fingerprint density at radius 1 is 1.10 bits per heavy atom. The van der Waals surface area contributed by atoms with Gasteiger partial charge in [0, 0.05) is 22.2 Å². The number of rotatable bonds is 4. The first kappa shape index (κ1) is 19.0. The highest BCUT2D eigenvalue weighted by Gasteiger charge is 2.22. The van der Waals surface area contributed by atoms with Crippen molar-refractivity contribution in [2.45, 2.75) is 13.8 Å². The molecule has 0 saturated carbocycles. The number of aromatic nitrogens is 1. The van der Waals surface area contributed by atoms with Gasteiger partial charge in [-0.25, -0.2) is 4.79 Å². The minimum atomic E-state index is -0.506. The molecule has 0 amide bonds. The Hall–Kier alpha value is -3.31. The SMILES string of the molecule is CCOC(=O)c1cc(C(=O)c2cc(Cl)ccc2O)cn2c1c(C)c1ccccc12. The maximum Gasteiger partial charge on any atom is 0.340 e. The Balaban J connectivity index is 2.03. The zero-order valence-electron chi connectivity index (χ0n) is 15.9. The molecule has 4 aromatic rings. The van der Waals surface area contributed by atoms with Crippen molar-refractivity contribution >= 4 is 39.8 Å². The minimum Gasteiger partial charge on any atom is -0.507 e. The van der Waals surface area contributed by atoms with E-state index in [9.17, 15) is 14.7 Å². The summed E-state index contributed by atoms with van der Waals surface area (Å²) >= 11 is 6.01. The number of phenols is 1. The Labute approximate surface area is 172 Å². The van der Waals surface area contributed by atoms with E-state index in [1.54, 1.807) is 13.1 Å². The number of pyridine rings is 1. The predicted octanol–water partition coefficient (Wildman–Crippen LogP) is 5.17. The number of hydrogen-bond acceptors (Lipinski definition) is 4. The van der Waals surface area contributed by atoms with Crippen molar-refractivity contribution in [3.8, 4) is 5.75 Å². The lowest BCUT2D eigenvalue weighted by Crippen LogP contribution is -2.11. The first-order chi connectivity index (χ1) is 13.9. The highest BCUT2D eigenvalue weighted by Crippen LogP contribution is 2.31. The number of aryl methyl sites for hydroxylation is 1. The molecule has 0 aliphatic carbocycles. The fourth-order valence-corrected chi connectivity index (χ4v) is 3.80. The molecule has 2 heterocycles. The summed E-state index contributed by atoms with van der Waals surface area (Å²) in [6.07, 6.45) is 1.68. The van der Waals surface area contributed by atoms with Gasteiger partial charge in [-0.2, -0.15) is 0 Å². The first-order valence-corrected chi connectivity index (χ1v) is 9.54. The number of carbonyl (C=O) groups excluding carboxylic acids is 2. The molecule has 0 spiro atoms. The molecule has 6 heteroatoms. The van der Waals surface area contributed by atoms with Crippen LogP contribution in [0.25, 0.3) is 16.4 Å². The number of nitrogens with zero attached hydrogens (tertiary/aromatic N) is 1. The Kier molecular flexibility index (Phi) is 4.76. The van der Waals surface area contributed by atoms with Crippen LogP contribution in [0.1, 0.15) is 38.8 Å². The highest BCUT2D eigenvalue weighted by molar-refractivity contribution is 6.31. The van der Waals surface area contributed by atoms with Gasteiger partial charge in [0.25, 0.3) is 0 Å². The molecule has 0 unspecified atom stereocenters. The standard InChI is InChI=1S/C23H18ClNO4/c1-3-29-23(28)18-10-14(22(27)17-11-15(24)8-9-20(17)26)12-25-19-7-5-4-6-16(19)13(2)21(18)25/h4-12,26H,3H2,1-2H3. The molecular weight excluding hydrogens is 390 g/mol. The molecular formula is C23H18ClNO4. The van der Waals surface area contributed by atoms with Crippen molar-refractivity contribution in [1.29, 1.82) is 0 Å². The Bertz CT molecular complexity index is 1290. The van der Waals surface area contributed by atoms with Crippen LogP contribution in [-0.4, -0.2) is 27.9 Å². The van der Waals surface area contributed by atoms with E-state index in [2.05, 4.69) is 0 Å². The average Bonchev–Trinajstić information content (AvgIpc) is 3.01. The summed E-state index contributed by atoms with van der Waals surface area (Å²) in [7, 11) is 0. The van der Waals surface area contributed by atoms with Crippen LogP contribution in [0.3, 0.4) is 0 Å². The average molecular weight is 408 g/mol. The van der Waals surface area contributed by atoms with Crippen LogP contribution in [0.4, 0.5) is 0 Å². The number of fused-ring (bicyclic) bond motifs is 3. The summed E-state index contributed by atoms with van der Waals surface area (Å²) in [5, 5.41) is 11.5. The van der Waals surface area contributed by atoms with Crippen LogP contribution in [0.5, 0.6) is 5.75 Å². The Morgan fingerprint density at radius 2 is 1.86 bits per heavy atom. The van der Waals surface area contributed by atoms with Gasteiger partial charge in [-0.05, 0) is 49.7 Å². The van der Waals surface area contributed by atoms with Crippen molar-refractivity contribution in [3.63, 3.8) is 0 Å². The molecule has 4 rings (SSSR count). The molecule has 0 aliphatic heterocycles. The van der Waals surface area contributed by atoms with Gasteiger partial charge < -0.3 is 14.2 Å². The van der Waals surface area contributed by atoms with Crippen LogP contribution in [0.15, 0.2) is 54.7 Å². The zero-order chi connectivity index (χ0) is 20.7. The quantitative estimate of drug-likeness (QED) is 0.374. The number of halogens is 1. The van der Waals surface area contributed by atoms with E-state index in [1.807, 2.05) is 35.6 Å². The van der Waals surface area contributed by atoms with Crippen LogP contribution in [0, 0.1) is 6.92 Å². The number of ketones is 1. The van der Waals surface area contributed by atoms with E-state index < -0.39 is 11.8 Å². The van der Waals surface area contributed by atoms with Gasteiger partial charge in [0.1, 0.15) is 5.75 Å². The van der Waals surface area contributed by atoms with Crippen molar-refractivity contribution in [3.05, 3.63) is 82.0 Å². The molecule has 0 radical (unpaired) electrons. The topological polar surface area (TPSA) is 68.0 Å². The molecule has 1 N–H and O–H groups in total. The van der Waals surface area contributed by atoms with E-state index in [4.69, 9.17) is 16.3 Å². The number of carbonyl (C=O) groups is 2. The largest absolute Gasteiger partial charge is 0.507 e. The molecule has 2 aromatic carbocycles. The summed E-state index contributed by atoms with van der Waals surface area (Å²) in [6, 6.07) is 13.5. The molecule has 0 atom stereocenters. The number of esters is 1. The molecule has 29 heavy (non-hydrogen) atoms. The van der Waals surface area contributed by atoms with Gasteiger partial charge in [-0.1, -0.05) is 29.8 Å². The molecule has 0 saturated heterocycles. The van der Waals surface area contributed by atoms with E-state index in [0.29, 0.717) is 16.1 Å². The third kappa shape index (κ3) is 3.13. The fourth-order valence-electron chi connectivity index (χ4n) is 3.63. The number of aromatic hydroxyl groups is 1.